The van der Waals surface area contributed by atoms with E-state index in [2.05, 4.69) is 30.8 Å². The molecule has 0 saturated heterocycles. The molecule has 6 atom stereocenters. The Labute approximate surface area is 236 Å². The van der Waals surface area contributed by atoms with Crippen LogP contribution in [0.1, 0.15) is 49.1 Å². The molecule has 41 heavy (non-hydrogen) atoms. The fourth-order valence-electron chi connectivity index (χ4n) is 6.77. The molecule has 218 valence electrons. The van der Waals surface area contributed by atoms with Crippen molar-refractivity contribution < 1.29 is 23.9 Å². The summed E-state index contributed by atoms with van der Waals surface area (Å²) >= 11 is 0. The minimum atomic E-state index is -1.07. The Morgan fingerprint density at radius 1 is 1.17 bits per heavy atom. The number of pyridine rings is 1. The molecule has 4 aliphatic carbocycles. The van der Waals surface area contributed by atoms with Gasteiger partial charge in [0.25, 0.3) is 11.5 Å². The van der Waals surface area contributed by atoms with Crippen LogP contribution in [0.4, 0.5) is 5.69 Å². The van der Waals surface area contributed by atoms with E-state index >= 15 is 0 Å². The van der Waals surface area contributed by atoms with Crippen LogP contribution in [0.5, 0.6) is 0 Å². The molecule has 4 saturated carbocycles. The number of nitrogens with zero attached hydrogens (tertiary/aromatic N) is 4. The number of amides is 3. The standard InChI is InChI=1S/C28H35N7O6/c1-34-15-29-25(33-34)27(39)30-20(6-3-4-8-23(37)41-2)26(38)31-21-7-5-9-35(28(21)40)14-22(36)32-24-18-11-16-10-17(13-18)19(24)12-16/h4-5,7-9,15-20,24H,3,6,10-14H2,1-2H3,(H,30,39)(H,31,38)(H,32,36)/b8-4+/t16?,17?,18?,19?,20-,24?/m0/s1. The lowest BCUT2D eigenvalue weighted by Crippen LogP contribution is -2.46. The number of allylic oxidation sites excluding steroid dienone is 1. The molecule has 0 aromatic carbocycles. The second-order valence-corrected chi connectivity index (χ2v) is 11.2. The van der Waals surface area contributed by atoms with Crippen LogP contribution in [0.3, 0.4) is 0 Å². The first-order chi connectivity index (χ1) is 19.7. The smallest absolute Gasteiger partial charge is 0.330 e. The van der Waals surface area contributed by atoms with Gasteiger partial charge in [0.1, 0.15) is 24.6 Å². The van der Waals surface area contributed by atoms with Crippen LogP contribution in [0.25, 0.3) is 0 Å². The summed E-state index contributed by atoms with van der Waals surface area (Å²) in [6, 6.07) is 2.13. The van der Waals surface area contributed by atoms with Gasteiger partial charge in [-0.3, -0.25) is 23.9 Å². The molecule has 5 unspecified atom stereocenters. The van der Waals surface area contributed by atoms with Crippen LogP contribution in [-0.2, 0) is 32.7 Å². The lowest BCUT2D eigenvalue weighted by atomic mass is 9.79. The Morgan fingerprint density at radius 2 is 1.98 bits per heavy atom. The second kappa shape index (κ2) is 12.1. The molecule has 13 heteroatoms. The molecule has 2 aromatic heterocycles. The van der Waals surface area contributed by atoms with Gasteiger partial charge in [-0.15, -0.1) is 5.10 Å². The largest absolute Gasteiger partial charge is 0.466 e. The van der Waals surface area contributed by atoms with E-state index in [4.69, 9.17) is 0 Å². The van der Waals surface area contributed by atoms with Crippen molar-refractivity contribution in [1.82, 2.24) is 30.0 Å². The number of hydrogen-bond donors (Lipinski definition) is 3. The maximum atomic E-state index is 13.2. The maximum Gasteiger partial charge on any atom is 0.330 e. The Balaban J connectivity index is 1.23. The molecule has 4 bridgehead atoms. The predicted molar refractivity (Wildman–Crippen MR) is 146 cm³/mol. The monoisotopic (exact) mass is 565 g/mol. The van der Waals surface area contributed by atoms with Crippen molar-refractivity contribution in [3.63, 3.8) is 0 Å². The molecule has 0 spiro atoms. The number of aryl methyl sites for hydroxylation is 1. The first-order valence-electron chi connectivity index (χ1n) is 13.9. The minimum Gasteiger partial charge on any atom is -0.466 e. The van der Waals surface area contributed by atoms with E-state index < -0.39 is 29.4 Å². The molecule has 4 aliphatic rings. The summed E-state index contributed by atoms with van der Waals surface area (Å²) in [7, 11) is 2.86. The Bertz CT molecular complexity index is 1410. The van der Waals surface area contributed by atoms with Crippen molar-refractivity contribution >= 4 is 29.4 Å². The molecule has 13 nitrogen and oxygen atoms in total. The zero-order chi connectivity index (χ0) is 29.1. The number of nitrogens with one attached hydrogen (secondary N) is 3. The molecule has 0 aliphatic heterocycles. The summed E-state index contributed by atoms with van der Waals surface area (Å²) in [6.07, 6.45) is 10.8. The molecule has 3 N–H and O–H groups in total. The Kier molecular flexibility index (Phi) is 8.31. The van der Waals surface area contributed by atoms with Crippen LogP contribution >= 0.6 is 0 Å². The van der Waals surface area contributed by atoms with Gasteiger partial charge in [0, 0.05) is 25.4 Å². The quantitative estimate of drug-likeness (QED) is 0.265. The fraction of sp³-hybridized carbons (Fsp3) is 0.536. The number of esters is 1. The summed E-state index contributed by atoms with van der Waals surface area (Å²) in [6.45, 7) is -0.156. The van der Waals surface area contributed by atoms with Gasteiger partial charge in [-0.25, -0.2) is 9.78 Å². The van der Waals surface area contributed by atoms with E-state index in [9.17, 15) is 24.0 Å². The van der Waals surface area contributed by atoms with Gasteiger partial charge < -0.3 is 25.3 Å². The highest BCUT2D eigenvalue weighted by Gasteiger charge is 2.54. The number of aromatic nitrogens is 4. The van der Waals surface area contributed by atoms with Gasteiger partial charge in [-0.2, -0.15) is 0 Å². The van der Waals surface area contributed by atoms with Gasteiger partial charge in [-0.1, -0.05) is 6.08 Å². The van der Waals surface area contributed by atoms with E-state index in [1.165, 1.54) is 72.8 Å². The summed E-state index contributed by atoms with van der Waals surface area (Å²) in [5, 5.41) is 12.3. The Morgan fingerprint density at radius 3 is 2.71 bits per heavy atom. The third-order valence-electron chi connectivity index (χ3n) is 8.48. The highest BCUT2D eigenvalue weighted by molar-refractivity contribution is 5.99. The van der Waals surface area contributed by atoms with Crippen molar-refractivity contribution in [2.24, 2.45) is 30.7 Å². The first kappa shape index (κ1) is 28.2. The third kappa shape index (κ3) is 6.39. The van der Waals surface area contributed by atoms with Crippen LogP contribution < -0.4 is 21.5 Å². The highest BCUT2D eigenvalue weighted by Crippen LogP contribution is 2.58. The average molecular weight is 566 g/mol. The van der Waals surface area contributed by atoms with E-state index in [-0.39, 0.29) is 42.8 Å². The van der Waals surface area contributed by atoms with E-state index in [1.54, 1.807) is 13.1 Å². The topological polar surface area (TPSA) is 166 Å². The number of methoxy groups -OCH3 is 1. The maximum absolute atomic E-state index is 13.2. The number of carbonyl (C=O) groups is 4. The minimum absolute atomic E-state index is 0.0239. The van der Waals surface area contributed by atoms with Gasteiger partial charge >= 0.3 is 5.97 Å². The van der Waals surface area contributed by atoms with Crippen LogP contribution in [0.15, 0.2) is 41.6 Å². The zero-order valence-corrected chi connectivity index (χ0v) is 23.1. The number of anilines is 1. The summed E-state index contributed by atoms with van der Waals surface area (Å²) < 4.78 is 7.18. The summed E-state index contributed by atoms with van der Waals surface area (Å²) in [5.74, 6) is 0.390. The fourth-order valence-corrected chi connectivity index (χ4v) is 6.77. The molecular weight excluding hydrogens is 530 g/mol. The molecular formula is C28H35N7O6. The van der Waals surface area contributed by atoms with Crippen LogP contribution in [0.2, 0.25) is 0 Å². The highest BCUT2D eigenvalue weighted by atomic mass is 16.5. The van der Waals surface area contributed by atoms with Gasteiger partial charge in [-0.05, 0) is 74.3 Å². The Hall–Kier alpha value is -4.29. The van der Waals surface area contributed by atoms with Crippen molar-refractivity contribution in [3.8, 4) is 0 Å². The van der Waals surface area contributed by atoms with Crippen molar-refractivity contribution in [2.75, 3.05) is 12.4 Å². The van der Waals surface area contributed by atoms with Crippen molar-refractivity contribution in [2.45, 2.75) is 57.2 Å². The zero-order valence-electron chi connectivity index (χ0n) is 23.1. The SMILES string of the molecule is COC(=O)/C=C/CC[C@H](NC(=O)c1ncn(C)n1)C(=O)Nc1cccn(CC(=O)NC2C3CC4CC(C3)C2C4)c1=O. The molecule has 0 radical (unpaired) electrons. The van der Waals surface area contributed by atoms with Crippen LogP contribution in [-0.4, -0.2) is 62.2 Å². The molecule has 2 heterocycles. The normalized spacial score (nSPS) is 24.8. The second-order valence-electron chi connectivity index (χ2n) is 11.2. The van der Waals surface area contributed by atoms with Crippen molar-refractivity contribution in [3.05, 3.63) is 53.0 Å². The van der Waals surface area contributed by atoms with Gasteiger partial charge in [0.15, 0.2) is 0 Å². The number of ether oxygens (including phenoxy) is 1. The van der Waals surface area contributed by atoms with E-state index in [0.717, 1.165) is 5.92 Å². The molecule has 3 amide bonds. The number of hydrogen-bond acceptors (Lipinski definition) is 8. The van der Waals surface area contributed by atoms with Crippen LogP contribution in [0, 0.1) is 23.7 Å². The molecule has 2 aromatic rings. The lowest BCUT2D eigenvalue weighted by Gasteiger charge is -2.32. The van der Waals surface area contributed by atoms with E-state index in [0.29, 0.717) is 17.8 Å². The van der Waals surface area contributed by atoms with Gasteiger partial charge in [0.05, 0.1) is 7.11 Å². The molecule has 4 fully saturated rings. The molecule has 6 rings (SSSR count). The summed E-state index contributed by atoms with van der Waals surface area (Å²) in [5.41, 5.74) is -0.559. The average Bonchev–Trinajstić information content (AvgIpc) is 3.58. The van der Waals surface area contributed by atoms with Crippen molar-refractivity contribution in [1.29, 1.82) is 0 Å². The van der Waals surface area contributed by atoms with Gasteiger partial charge in [0.2, 0.25) is 17.6 Å². The number of rotatable bonds is 11. The summed E-state index contributed by atoms with van der Waals surface area (Å²) in [4.78, 5) is 67.2. The lowest BCUT2D eigenvalue weighted by molar-refractivity contribution is -0.134. The number of carbonyl (C=O) groups excluding carboxylic acids is 4. The predicted octanol–water partition coefficient (Wildman–Crippen LogP) is 0.774. The third-order valence-corrected chi connectivity index (χ3v) is 8.48. The van der Waals surface area contributed by atoms with E-state index in [1.807, 2.05) is 0 Å². The first-order valence-corrected chi connectivity index (χ1v) is 13.9.